The zero-order chi connectivity index (χ0) is 26.2. The second kappa shape index (κ2) is 9.48. The highest BCUT2D eigenvalue weighted by Crippen LogP contribution is 2.42. The van der Waals surface area contributed by atoms with Crippen LogP contribution in [0.2, 0.25) is 0 Å². The Balaban J connectivity index is 2.01. The Kier molecular flexibility index (Phi) is 7.16. The predicted molar refractivity (Wildman–Crippen MR) is 125 cm³/mol. The summed E-state index contributed by atoms with van der Waals surface area (Å²) >= 11 is 0. The van der Waals surface area contributed by atoms with Gasteiger partial charge in [-0.05, 0) is 53.9 Å². The van der Waals surface area contributed by atoms with E-state index in [1.807, 2.05) is 0 Å². The van der Waals surface area contributed by atoms with Gasteiger partial charge in [-0.15, -0.1) is 5.11 Å². The normalized spacial score (nSPS) is 12.9. The fourth-order valence-corrected chi connectivity index (χ4v) is 5.27. The summed E-state index contributed by atoms with van der Waals surface area (Å²) in [5, 5.41) is 18.8. The van der Waals surface area contributed by atoms with Crippen LogP contribution in [0.25, 0.3) is 10.8 Å². The number of phenolic OH excluding ortho intramolecular Hbond substituents is 1. The summed E-state index contributed by atoms with van der Waals surface area (Å²) in [6, 6.07) is 10.4. The van der Waals surface area contributed by atoms with Crippen molar-refractivity contribution in [1.82, 2.24) is 0 Å². The molecule has 0 saturated heterocycles. The Morgan fingerprint density at radius 3 is 2.06 bits per heavy atom. The van der Waals surface area contributed by atoms with Gasteiger partial charge in [-0.2, -0.15) is 21.9 Å². The van der Waals surface area contributed by atoms with Crippen molar-refractivity contribution in [2.75, 3.05) is 24.9 Å². The lowest BCUT2D eigenvalue weighted by molar-refractivity contribution is 0.306. The molecule has 188 valence electrons. The molecule has 0 aliphatic rings. The molecule has 0 fully saturated rings. The van der Waals surface area contributed by atoms with Crippen molar-refractivity contribution in [3.05, 3.63) is 48.5 Å². The summed E-state index contributed by atoms with van der Waals surface area (Å²) in [4.78, 5) is 0.711. The third-order valence-electron chi connectivity index (χ3n) is 4.64. The lowest BCUT2D eigenvalue weighted by Gasteiger charge is -2.14. The molecule has 0 heterocycles. The van der Waals surface area contributed by atoms with Crippen LogP contribution in [0.1, 0.15) is 0 Å². The molecule has 35 heavy (non-hydrogen) atoms. The zero-order valence-electron chi connectivity index (χ0n) is 18.1. The molecule has 3 N–H and O–H groups in total. The van der Waals surface area contributed by atoms with Gasteiger partial charge in [0.2, 0.25) is 9.84 Å². The number of phenols is 1. The molecule has 3 aromatic carbocycles. The predicted octanol–water partition coefficient (Wildman–Crippen LogP) is 2.82. The van der Waals surface area contributed by atoms with Gasteiger partial charge < -0.3 is 10.0 Å². The van der Waals surface area contributed by atoms with Crippen LogP contribution in [0.5, 0.6) is 5.75 Å². The second-order valence-corrected chi connectivity index (χ2v) is 11.7. The zero-order valence-corrected chi connectivity index (χ0v) is 20.5. The van der Waals surface area contributed by atoms with E-state index in [-0.39, 0.29) is 16.0 Å². The van der Waals surface area contributed by atoms with E-state index in [2.05, 4.69) is 14.4 Å². The van der Waals surface area contributed by atoms with E-state index < -0.39 is 52.6 Å². The highest BCUT2D eigenvalue weighted by molar-refractivity contribution is 7.92. The van der Waals surface area contributed by atoms with Gasteiger partial charge in [-0.25, -0.2) is 12.6 Å². The molecule has 0 unspecified atom stereocenters. The van der Waals surface area contributed by atoms with Crippen LogP contribution in [0.15, 0.2) is 68.6 Å². The number of hydrogen-bond donors (Lipinski definition) is 3. The van der Waals surface area contributed by atoms with Crippen LogP contribution in [0.4, 0.5) is 17.1 Å². The third kappa shape index (κ3) is 6.30. The fourth-order valence-electron chi connectivity index (χ4n) is 2.93. The molecule has 13 nitrogen and oxygen atoms in total. The average molecular weight is 546 g/mol. The molecule has 0 bridgehead atoms. The molecule has 0 aliphatic carbocycles. The Labute approximate surface area is 200 Å². The summed E-state index contributed by atoms with van der Waals surface area (Å²) in [5.41, 5.74) is 0.212. The minimum atomic E-state index is -4.96. The lowest BCUT2D eigenvalue weighted by atomic mass is 10.1. The van der Waals surface area contributed by atoms with Crippen molar-refractivity contribution in [2.24, 2.45) is 10.2 Å². The largest absolute Gasteiger partial charge is 0.505 e. The molecular formula is C19H19N3O10S3. The topological polar surface area (TPSA) is 200 Å². The fraction of sp³-hybridized carbons (Fsp3) is 0.158. The molecule has 3 aromatic rings. The van der Waals surface area contributed by atoms with E-state index >= 15 is 0 Å². The first-order valence-electron chi connectivity index (χ1n) is 9.39. The maximum Gasteiger partial charge on any atom is 0.398 e. The SMILES string of the molecule is CN(C)c1ccc2c(O)c(N=Nc3ccc(S(=O)(=O)COS(=O)(=O)O)cc3)c(S(=O)(=O)O)cc2c1. The van der Waals surface area contributed by atoms with Gasteiger partial charge in [0.15, 0.2) is 11.7 Å². The quantitative estimate of drug-likeness (QED) is 0.277. The van der Waals surface area contributed by atoms with Gasteiger partial charge in [-0.1, -0.05) is 0 Å². The summed E-state index contributed by atoms with van der Waals surface area (Å²) < 4.78 is 91.3. The first-order valence-corrected chi connectivity index (χ1v) is 13.9. The number of benzene rings is 3. The molecule has 0 spiro atoms. The average Bonchev–Trinajstić information content (AvgIpc) is 2.76. The van der Waals surface area contributed by atoms with Crippen LogP contribution in [-0.4, -0.2) is 59.5 Å². The van der Waals surface area contributed by atoms with Crippen LogP contribution in [0.3, 0.4) is 0 Å². The summed E-state index contributed by atoms with van der Waals surface area (Å²) in [6.07, 6.45) is 0. The third-order valence-corrected chi connectivity index (χ3v) is 7.49. The van der Waals surface area contributed by atoms with Gasteiger partial charge in [0, 0.05) is 25.2 Å². The van der Waals surface area contributed by atoms with Gasteiger partial charge in [0.25, 0.3) is 10.1 Å². The number of aromatic hydroxyl groups is 1. The standard InChI is InChI=1S/C19H19N3O10S3/c1-22(2)14-5-8-16-12(9-14)10-17(34(26,27)28)18(19(16)23)21-20-13-3-6-15(7-4-13)33(24,25)11-32-35(29,30)31/h3-10,23H,11H2,1-2H3,(H,26,27,28)(H,29,30,31). The van der Waals surface area contributed by atoms with Gasteiger partial charge >= 0.3 is 10.4 Å². The molecule has 0 saturated carbocycles. The number of hydrogen-bond acceptors (Lipinski definition) is 11. The maximum atomic E-state index is 12.1. The second-order valence-electron chi connectivity index (χ2n) is 7.32. The number of azo groups is 1. The molecule has 0 atom stereocenters. The Bertz CT molecular complexity index is 1630. The molecule has 3 rings (SSSR count). The highest BCUT2D eigenvalue weighted by Gasteiger charge is 2.23. The van der Waals surface area contributed by atoms with Crippen LogP contribution < -0.4 is 4.90 Å². The molecule has 16 heteroatoms. The Morgan fingerprint density at radius 1 is 0.886 bits per heavy atom. The number of nitrogens with zero attached hydrogens (tertiary/aromatic N) is 3. The number of rotatable bonds is 8. The van der Waals surface area contributed by atoms with Crippen molar-refractivity contribution in [3.63, 3.8) is 0 Å². The van der Waals surface area contributed by atoms with E-state index in [0.717, 1.165) is 18.2 Å². The number of anilines is 1. The molecular weight excluding hydrogens is 526 g/mol. The first kappa shape index (κ1) is 26.5. The van der Waals surface area contributed by atoms with E-state index in [9.17, 15) is 34.9 Å². The van der Waals surface area contributed by atoms with E-state index in [4.69, 9.17) is 4.55 Å². The first-order chi connectivity index (χ1) is 16.1. The van der Waals surface area contributed by atoms with Crippen molar-refractivity contribution in [2.45, 2.75) is 9.79 Å². The lowest BCUT2D eigenvalue weighted by Crippen LogP contribution is -2.14. The van der Waals surface area contributed by atoms with Crippen LogP contribution in [0, 0.1) is 0 Å². The monoisotopic (exact) mass is 545 g/mol. The van der Waals surface area contributed by atoms with Crippen molar-refractivity contribution < 1.29 is 43.6 Å². The molecule has 0 aromatic heterocycles. The highest BCUT2D eigenvalue weighted by atomic mass is 32.3. The molecule has 0 radical (unpaired) electrons. The van der Waals surface area contributed by atoms with E-state index in [1.165, 1.54) is 12.1 Å². The number of sulfone groups is 1. The summed E-state index contributed by atoms with van der Waals surface area (Å²) in [5.74, 6) is -1.88. The Morgan fingerprint density at radius 2 is 1.51 bits per heavy atom. The van der Waals surface area contributed by atoms with Crippen molar-refractivity contribution >= 4 is 58.2 Å². The van der Waals surface area contributed by atoms with Crippen LogP contribution in [-0.2, 0) is 34.5 Å². The number of fused-ring (bicyclic) bond motifs is 1. The smallest absolute Gasteiger partial charge is 0.398 e. The van der Waals surface area contributed by atoms with E-state index in [0.29, 0.717) is 11.1 Å². The van der Waals surface area contributed by atoms with Crippen molar-refractivity contribution in [3.8, 4) is 5.75 Å². The molecule has 0 amide bonds. The van der Waals surface area contributed by atoms with Gasteiger partial charge in [0.05, 0.1) is 10.6 Å². The maximum absolute atomic E-state index is 12.1. The summed E-state index contributed by atoms with van der Waals surface area (Å²) in [6.45, 7) is 0. The summed E-state index contributed by atoms with van der Waals surface area (Å²) in [7, 11) is -10.5. The van der Waals surface area contributed by atoms with Crippen molar-refractivity contribution in [1.29, 1.82) is 0 Å². The van der Waals surface area contributed by atoms with E-state index in [1.54, 1.807) is 37.2 Å². The minimum absolute atomic E-state index is 0.0309. The molecule has 0 aliphatic heterocycles. The Hall–Kier alpha value is -3.15. The van der Waals surface area contributed by atoms with Gasteiger partial charge in [-0.3, -0.25) is 9.11 Å². The minimum Gasteiger partial charge on any atom is -0.505 e. The van der Waals surface area contributed by atoms with Crippen LogP contribution >= 0.6 is 0 Å². The van der Waals surface area contributed by atoms with Gasteiger partial charge in [0.1, 0.15) is 10.6 Å².